The van der Waals surface area contributed by atoms with Crippen molar-refractivity contribution in [3.8, 4) is 77.9 Å². The van der Waals surface area contributed by atoms with E-state index in [9.17, 15) is 0 Å². The monoisotopic (exact) mass is 862 g/mol. The van der Waals surface area contributed by atoms with Crippen LogP contribution in [0, 0.1) is 0 Å². The van der Waals surface area contributed by atoms with E-state index in [0.717, 1.165) is 0 Å². The Morgan fingerprint density at radius 1 is 0.206 bits per heavy atom. The molecule has 0 spiro atoms. The van der Waals surface area contributed by atoms with Gasteiger partial charge in [0.15, 0.2) is 0 Å². The molecule has 1 aliphatic carbocycles. The maximum absolute atomic E-state index is 2.52. The van der Waals surface area contributed by atoms with Crippen LogP contribution in [0.3, 0.4) is 0 Å². The van der Waals surface area contributed by atoms with Crippen molar-refractivity contribution in [1.29, 1.82) is 0 Å². The summed E-state index contributed by atoms with van der Waals surface area (Å²) in [4.78, 5) is 0. The second kappa shape index (κ2) is 16.1. The van der Waals surface area contributed by atoms with E-state index in [-0.39, 0.29) is 5.41 Å². The van der Waals surface area contributed by atoms with Gasteiger partial charge in [0.2, 0.25) is 0 Å². The first kappa shape index (κ1) is 39.8. The minimum Gasteiger partial charge on any atom is -0.0622 e. The minimum atomic E-state index is -0.386. The highest BCUT2D eigenvalue weighted by molar-refractivity contribution is 6.24. The Morgan fingerprint density at radius 3 is 1.16 bits per heavy atom. The number of hydrogen-bond donors (Lipinski definition) is 0. The lowest BCUT2D eigenvalue weighted by atomic mass is 9.71. The van der Waals surface area contributed by atoms with E-state index in [1.54, 1.807) is 0 Å². The molecule has 0 heteroatoms. The van der Waals surface area contributed by atoms with E-state index < -0.39 is 0 Å². The summed E-state index contributed by atoms with van der Waals surface area (Å²) in [5, 5.41) is 7.47. The van der Waals surface area contributed by atoms with Crippen LogP contribution in [0.4, 0.5) is 0 Å². The van der Waals surface area contributed by atoms with E-state index in [4.69, 9.17) is 0 Å². The van der Waals surface area contributed by atoms with Crippen molar-refractivity contribution in [1.82, 2.24) is 0 Å². The van der Waals surface area contributed by atoms with Gasteiger partial charge in [0.1, 0.15) is 0 Å². The van der Waals surface area contributed by atoms with Crippen LogP contribution in [0.5, 0.6) is 0 Å². The smallest absolute Gasteiger partial charge is 0.0441 e. The quantitative estimate of drug-likeness (QED) is 0.140. The molecule has 0 radical (unpaired) electrons. The highest BCUT2D eigenvalue weighted by Crippen LogP contribution is 2.56. The molecule has 0 heterocycles. The molecule has 1 unspecified atom stereocenters. The second-order valence-electron chi connectivity index (χ2n) is 18.4. The third-order valence-corrected chi connectivity index (χ3v) is 14.7. The topological polar surface area (TPSA) is 0 Å². The predicted molar refractivity (Wildman–Crippen MR) is 289 cm³/mol. The van der Waals surface area contributed by atoms with Crippen LogP contribution in [0.1, 0.15) is 23.6 Å². The Balaban J connectivity index is 1.02. The van der Waals surface area contributed by atoms with Gasteiger partial charge in [0.25, 0.3) is 0 Å². The SMILES string of the molecule is CC1(c2ccccc2-c2ccccc2)c2ccccc2-c2ccc(-c3c4ccccc4c(-c4ccc(-c5cc(-c6ccccc6)cc(-c6ccccc6)c5)c5ccccc45)c4ccccc34)cc21. The van der Waals surface area contributed by atoms with Crippen LogP contribution in [0.2, 0.25) is 0 Å². The molecule has 0 fully saturated rings. The Labute approximate surface area is 398 Å². The third kappa shape index (κ3) is 6.29. The molecule has 68 heavy (non-hydrogen) atoms. The largest absolute Gasteiger partial charge is 0.0622 e. The first-order chi connectivity index (χ1) is 33.6. The van der Waals surface area contributed by atoms with Crippen molar-refractivity contribution in [2.45, 2.75) is 12.3 Å². The summed E-state index contributed by atoms with van der Waals surface area (Å²) < 4.78 is 0. The third-order valence-electron chi connectivity index (χ3n) is 14.7. The lowest BCUT2D eigenvalue weighted by Gasteiger charge is -2.31. The summed E-state index contributed by atoms with van der Waals surface area (Å²) in [6, 6.07) is 96.7. The standard InChI is InChI=1S/C68H46/c1-68(63-35-19-17-27-53(63)47-25-9-4-10-26-47)64-36-20-18-30-56(64)57-38-37-48(44-65(57)68)66-58-31-13-15-33-60(58)67(61-34-16-14-32-59(61)66)62-40-39-52(54-28-11-12-29-55(54)62)51-42-49(45-21-5-2-6-22-45)41-50(43-51)46-23-7-3-8-24-46/h2-44H,1H3. The van der Waals surface area contributed by atoms with Gasteiger partial charge in [-0.3, -0.25) is 0 Å². The number of rotatable bonds is 7. The predicted octanol–water partition coefficient (Wildman–Crippen LogP) is 18.5. The van der Waals surface area contributed by atoms with Gasteiger partial charge < -0.3 is 0 Å². The van der Waals surface area contributed by atoms with Gasteiger partial charge in [-0.25, -0.2) is 0 Å². The molecule has 12 aromatic carbocycles. The zero-order valence-corrected chi connectivity index (χ0v) is 37.8. The average Bonchev–Trinajstić information content (AvgIpc) is 3.68. The summed E-state index contributed by atoms with van der Waals surface area (Å²) in [6.07, 6.45) is 0. The van der Waals surface area contributed by atoms with Gasteiger partial charge in [0, 0.05) is 5.41 Å². The molecule has 318 valence electrons. The molecule has 0 aliphatic heterocycles. The Bertz CT molecular complexity index is 3780. The molecular formula is C68H46. The van der Waals surface area contributed by atoms with Crippen LogP contribution in [-0.4, -0.2) is 0 Å². The lowest BCUT2D eigenvalue weighted by Crippen LogP contribution is -2.23. The van der Waals surface area contributed by atoms with Crippen LogP contribution >= 0.6 is 0 Å². The van der Waals surface area contributed by atoms with E-state index in [0.29, 0.717) is 0 Å². The first-order valence-corrected chi connectivity index (χ1v) is 23.7. The number of fused-ring (bicyclic) bond motifs is 6. The van der Waals surface area contributed by atoms with Gasteiger partial charge >= 0.3 is 0 Å². The number of benzene rings is 12. The molecule has 0 nitrogen and oxygen atoms in total. The molecule has 0 bridgehead atoms. The van der Waals surface area contributed by atoms with E-state index in [1.807, 2.05) is 0 Å². The zero-order valence-electron chi connectivity index (χ0n) is 37.8. The van der Waals surface area contributed by atoms with Gasteiger partial charge in [-0.2, -0.15) is 0 Å². The highest BCUT2D eigenvalue weighted by atomic mass is 14.4. The average molecular weight is 863 g/mol. The summed E-state index contributed by atoms with van der Waals surface area (Å²) in [5.74, 6) is 0. The van der Waals surface area contributed by atoms with Crippen LogP contribution in [-0.2, 0) is 5.41 Å². The maximum Gasteiger partial charge on any atom is 0.0441 e. The molecule has 1 aliphatic rings. The summed E-state index contributed by atoms with van der Waals surface area (Å²) >= 11 is 0. The molecule has 0 saturated carbocycles. The van der Waals surface area contributed by atoms with Crippen molar-refractivity contribution in [3.05, 3.63) is 278 Å². The molecular weight excluding hydrogens is 817 g/mol. The molecule has 1 atom stereocenters. The van der Waals surface area contributed by atoms with E-state index >= 15 is 0 Å². The summed E-state index contributed by atoms with van der Waals surface area (Å²) in [6.45, 7) is 2.44. The van der Waals surface area contributed by atoms with Gasteiger partial charge in [-0.15, -0.1) is 0 Å². The van der Waals surface area contributed by atoms with Gasteiger partial charge in [0.05, 0.1) is 0 Å². The Kier molecular flexibility index (Phi) is 9.41. The van der Waals surface area contributed by atoms with Crippen molar-refractivity contribution in [3.63, 3.8) is 0 Å². The fourth-order valence-corrected chi connectivity index (χ4v) is 11.6. The van der Waals surface area contributed by atoms with Gasteiger partial charge in [-0.1, -0.05) is 237 Å². The fraction of sp³-hybridized carbons (Fsp3) is 0.0294. The minimum absolute atomic E-state index is 0.386. The van der Waals surface area contributed by atoms with Crippen molar-refractivity contribution in [2.24, 2.45) is 0 Å². The molecule has 13 rings (SSSR count). The molecule has 12 aromatic rings. The van der Waals surface area contributed by atoms with Crippen LogP contribution < -0.4 is 0 Å². The highest BCUT2D eigenvalue weighted by Gasteiger charge is 2.42. The summed E-state index contributed by atoms with van der Waals surface area (Å²) in [5.41, 5.74) is 21.0. The van der Waals surface area contributed by atoms with Crippen molar-refractivity contribution in [2.75, 3.05) is 0 Å². The molecule has 0 aromatic heterocycles. The molecule has 0 amide bonds. The molecule has 0 saturated heterocycles. The number of hydrogen-bond acceptors (Lipinski definition) is 0. The molecule has 0 N–H and O–H groups in total. The van der Waals surface area contributed by atoms with Crippen LogP contribution in [0.25, 0.3) is 110 Å². The maximum atomic E-state index is 2.52. The Morgan fingerprint density at radius 2 is 0.588 bits per heavy atom. The van der Waals surface area contributed by atoms with E-state index in [2.05, 4.69) is 268 Å². The van der Waals surface area contributed by atoms with Crippen molar-refractivity contribution < 1.29 is 0 Å². The first-order valence-electron chi connectivity index (χ1n) is 23.7. The second-order valence-corrected chi connectivity index (χ2v) is 18.4. The Hall–Kier alpha value is -8.58. The van der Waals surface area contributed by atoms with Gasteiger partial charge in [-0.05, 0) is 158 Å². The van der Waals surface area contributed by atoms with Crippen LogP contribution in [0.15, 0.2) is 261 Å². The van der Waals surface area contributed by atoms with Crippen molar-refractivity contribution >= 4 is 32.3 Å². The summed E-state index contributed by atoms with van der Waals surface area (Å²) in [7, 11) is 0. The lowest BCUT2D eigenvalue weighted by molar-refractivity contribution is 0.716. The fourth-order valence-electron chi connectivity index (χ4n) is 11.6. The zero-order chi connectivity index (χ0) is 45.2. The van der Waals surface area contributed by atoms with E-state index in [1.165, 1.54) is 127 Å². The normalized spacial score (nSPS) is 14.0.